The van der Waals surface area contributed by atoms with Crippen LogP contribution in [-0.2, 0) is 0 Å². The number of hydrogen-bond donors (Lipinski definition) is 1. The van der Waals surface area contributed by atoms with Crippen LogP contribution in [0.4, 0.5) is 5.82 Å². The fourth-order valence-electron chi connectivity index (χ4n) is 1.94. The summed E-state index contributed by atoms with van der Waals surface area (Å²) in [5.41, 5.74) is 1.09. The van der Waals surface area contributed by atoms with E-state index in [1.165, 1.54) is 10.1 Å². The average Bonchev–Trinajstić information content (AvgIpc) is 2.85. The van der Waals surface area contributed by atoms with Gasteiger partial charge in [0, 0.05) is 33.8 Å². The van der Waals surface area contributed by atoms with Crippen LogP contribution in [0.1, 0.15) is 6.92 Å². The van der Waals surface area contributed by atoms with E-state index in [1.807, 2.05) is 13.0 Å². The van der Waals surface area contributed by atoms with E-state index in [2.05, 4.69) is 54.8 Å². The fraction of sp³-hybridized carbons (Fsp3) is 0.143. The molecule has 0 amide bonds. The molecule has 0 bridgehead atoms. The zero-order valence-corrected chi connectivity index (χ0v) is 12.8. The summed E-state index contributed by atoms with van der Waals surface area (Å²) in [5, 5.41) is 6.55. The molecular weight excluding hydrogens is 322 g/mol. The number of halogens is 1. The highest BCUT2D eigenvalue weighted by Crippen LogP contribution is 2.33. The van der Waals surface area contributed by atoms with Gasteiger partial charge >= 0.3 is 0 Å². The molecule has 19 heavy (non-hydrogen) atoms. The molecule has 1 N–H and O–H groups in total. The van der Waals surface area contributed by atoms with Gasteiger partial charge in [0.15, 0.2) is 5.82 Å². The molecule has 0 atom stereocenters. The second kappa shape index (κ2) is 5.27. The topological polar surface area (TPSA) is 37.8 Å². The van der Waals surface area contributed by atoms with Crippen LogP contribution in [0.5, 0.6) is 0 Å². The highest BCUT2D eigenvalue weighted by Gasteiger charge is 2.10. The maximum atomic E-state index is 4.59. The van der Waals surface area contributed by atoms with Gasteiger partial charge in [0.05, 0.1) is 4.47 Å². The number of hydrogen-bond acceptors (Lipinski definition) is 4. The van der Waals surface area contributed by atoms with Crippen molar-refractivity contribution in [3.63, 3.8) is 0 Å². The molecule has 3 nitrogen and oxygen atoms in total. The third-order valence-electron chi connectivity index (χ3n) is 2.81. The molecule has 0 aliphatic heterocycles. The minimum Gasteiger partial charge on any atom is -0.369 e. The number of fused-ring (bicyclic) bond motifs is 1. The monoisotopic (exact) mass is 333 g/mol. The Morgan fingerprint density at radius 1 is 1.32 bits per heavy atom. The number of benzene rings is 1. The number of anilines is 1. The van der Waals surface area contributed by atoms with Gasteiger partial charge in [-0.05, 0) is 28.9 Å². The van der Waals surface area contributed by atoms with Crippen molar-refractivity contribution in [2.45, 2.75) is 6.92 Å². The standard InChI is InChI=1S/C14H12BrN3S/c1-2-16-14-11(15)7-17-13(18-14)10-8-19-12-6-4-3-5-9(10)12/h3-8H,2H2,1H3,(H,16,17,18). The molecule has 0 aliphatic rings. The van der Waals surface area contributed by atoms with E-state index in [4.69, 9.17) is 0 Å². The third-order valence-corrected chi connectivity index (χ3v) is 4.35. The lowest BCUT2D eigenvalue weighted by molar-refractivity contribution is 1.11. The largest absolute Gasteiger partial charge is 0.369 e. The Morgan fingerprint density at radius 2 is 2.16 bits per heavy atom. The third kappa shape index (κ3) is 2.35. The maximum absolute atomic E-state index is 4.59. The smallest absolute Gasteiger partial charge is 0.163 e. The van der Waals surface area contributed by atoms with Crippen LogP contribution in [0.2, 0.25) is 0 Å². The first-order chi connectivity index (χ1) is 9.29. The van der Waals surface area contributed by atoms with E-state index in [0.29, 0.717) is 0 Å². The minimum absolute atomic E-state index is 0.761. The Balaban J connectivity index is 2.13. The second-order valence-electron chi connectivity index (χ2n) is 4.07. The summed E-state index contributed by atoms with van der Waals surface area (Å²) in [6.45, 7) is 2.88. The number of aromatic nitrogens is 2. The quantitative estimate of drug-likeness (QED) is 0.763. The summed E-state index contributed by atoms with van der Waals surface area (Å²) in [6.07, 6.45) is 1.80. The van der Waals surface area contributed by atoms with Gasteiger partial charge in [-0.25, -0.2) is 9.97 Å². The first-order valence-electron chi connectivity index (χ1n) is 6.02. The van der Waals surface area contributed by atoms with Gasteiger partial charge in [-0.3, -0.25) is 0 Å². The number of thiophene rings is 1. The van der Waals surface area contributed by atoms with Gasteiger partial charge in [-0.2, -0.15) is 0 Å². The van der Waals surface area contributed by atoms with Gasteiger partial charge in [0.1, 0.15) is 5.82 Å². The molecule has 5 heteroatoms. The first-order valence-corrected chi connectivity index (χ1v) is 7.70. The zero-order chi connectivity index (χ0) is 13.2. The highest BCUT2D eigenvalue weighted by atomic mass is 79.9. The van der Waals surface area contributed by atoms with E-state index in [-0.39, 0.29) is 0 Å². The van der Waals surface area contributed by atoms with Gasteiger partial charge in [-0.15, -0.1) is 11.3 Å². The van der Waals surface area contributed by atoms with Crippen molar-refractivity contribution in [3.8, 4) is 11.4 Å². The van der Waals surface area contributed by atoms with E-state index in [0.717, 1.165) is 28.2 Å². The first kappa shape index (κ1) is 12.6. The summed E-state index contributed by atoms with van der Waals surface area (Å²) in [5.74, 6) is 1.60. The van der Waals surface area contributed by atoms with Crippen molar-refractivity contribution in [2.75, 3.05) is 11.9 Å². The summed E-state index contributed by atoms with van der Waals surface area (Å²) >= 11 is 5.18. The maximum Gasteiger partial charge on any atom is 0.163 e. The van der Waals surface area contributed by atoms with E-state index in [1.54, 1.807) is 17.5 Å². The van der Waals surface area contributed by atoms with Crippen molar-refractivity contribution in [1.82, 2.24) is 9.97 Å². The van der Waals surface area contributed by atoms with Crippen molar-refractivity contribution < 1.29 is 0 Å². The Hall–Kier alpha value is -1.46. The van der Waals surface area contributed by atoms with E-state index in [9.17, 15) is 0 Å². The molecule has 96 valence electrons. The molecule has 3 aromatic rings. The van der Waals surface area contributed by atoms with Crippen LogP contribution in [0.15, 0.2) is 40.3 Å². The highest BCUT2D eigenvalue weighted by molar-refractivity contribution is 9.10. The molecule has 0 saturated carbocycles. The predicted molar refractivity (Wildman–Crippen MR) is 84.7 cm³/mol. The summed E-state index contributed by atoms with van der Waals surface area (Å²) in [4.78, 5) is 9.01. The van der Waals surface area contributed by atoms with Gasteiger partial charge in [-0.1, -0.05) is 18.2 Å². The Morgan fingerprint density at radius 3 is 3.00 bits per heavy atom. The zero-order valence-electron chi connectivity index (χ0n) is 10.4. The van der Waals surface area contributed by atoms with Crippen molar-refractivity contribution in [3.05, 3.63) is 40.3 Å². The SMILES string of the molecule is CCNc1nc(-c2csc3ccccc23)ncc1Br. The van der Waals surface area contributed by atoms with Crippen LogP contribution < -0.4 is 5.32 Å². The molecule has 0 aliphatic carbocycles. The second-order valence-corrected chi connectivity index (χ2v) is 5.83. The van der Waals surface area contributed by atoms with Crippen molar-refractivity contribution >= 4 is 43.2 Å². The van der Waals surface area contributed by atoms with E-state index < -0.39 is 0 Å². The predicted octanol–water partition coefficient (Wildman–Crippen LogP) is 4.55. The molecule has 2 heterocycles. The molecule has 3 rings (SSSR count). The van der Waals surface area contributed by atoms with Crippen molar-refractivity contribution in [1.29, 1.82) is 0 Å². The Kier molecular flexibility index (Phi) is 3.48. The summed E-state index contributed by atoms with van der Waals surface area (Å²) in [6, 6.07) is 8.32. The number of rotatable bonds is 3. The van der Waals surface area contributed by atoms with Gasteiger partial charge in [0.25, 0.3) is 0 Å². The normalized spacial score (nSPS) is 10.8. The molecule has 2 aromatic heterocycles. The summed E-state index contributed by atoms with van der Waals surface area (Å²) < 4.78 is 2.15. The van der Waals surface area contributed by atoms with Crippen LogP contribution in [0, 0.1) is 0 Å². The lowest BCUT2D eigenvalue weighted by atomic mass is 10.1. The lowest BCUT2D eigenvalue weighted by Crippen LogP contribution is -2.02. The van der Waals surface area contributed by atoms with Crippen molar-refractivity contribution in [2.24, 2.45) is 0 Å². The number of nitrogens with one attached hydrogen (secondary N) is 1. The average molecular weight is 334 g/mol. The Bertz CT molecular complexity index is 724. The van der Waals surface area contributed by atoms with Gasteiger partial charge in [0.2, 0.25) is 0 Å². The molecule has 0 radical (unpaired) electrons. The fourth-order valence-corrected chi connectivity index (χ4v) is 3.21. The molecule has 0 unspecified atom stereocenters. The Labute approximate surface area is 123 Å². The van der Waals surface area contributed by atoms with Crippen LogP contribution in [0.3, 0.4) is 0 Å². The van der Waals surface area contributed by atoms with Crippen LogP contribution in [-0.4, -0.2) is 16.5 Å². The lowest BCUT2D eigenvalue weighted by Gasteiger charge is -2.06. The molecule has 1 aromatic carbocycles. The molecule has 0 spiro atoms. The number of nitrogens with zero attached hydrogens (tertiary/aromatic N) is 2. The van der Waals surface area contributed by atoms with Gasteiger partial charge < -0.3 is 5.32 Å². The van der Waals surface area contributed by atoms with Crippen LogP contribution >= 0.6 is 27.3 Å². The molecule has 0 fully saturated rings. The minimum atomic E-state index is 0.761. The van der Waals surface area contributed by atoms with E-state index >= 15 is 0 Å². The molecule has 0 saturated heterocycles. The summed E-state index contributed by atoms with van der Waals surface area (Å²) in [7, 11) is 0. The molecular formula is C14H12BrN3S. The van der Waals surface area contributed by atoms with Crippen LogP contribution in [0.25, 0.3) is 21.5 Å².